The van der Waals surface area contributed by atoms with Crippen molar-refractivity contribution in [2.45, 2.75) is 11.7 Å². The Morgan fingerprint density at radius 3 is 2.21 bits per heavy atom. The minimum absolute atomic E-state index is 0.205. The standard InChI is InChI=1S/C11H14OS2/c1-11(14-3,10(12)13-2)9-7-5-4-6-8-9/h4-8H,1-3H3/t11-/m0/s1. The maximum atomic E-state index is 11.8. The first-order valence-electron chi connectivity index (χ1n) is 4.34. The van der Waals surface area contributed by atoms with E-state index >= 15 is 0 Å². The molecule has 0 heterocycles. The second-order valence-electron chi connectivity index (χ2n) is 3.09. The summed E-state index contributed by atoms with van der Waals surface area (Å²) in [7, 11) is 0. The highest BCUT2D eigenvalue weighted by Crippen LogP contribution is 2.37. The first-order valence-corrected chi connectivity index (χ1v) is 6.79. The summed E-state index contributed by atoms with van der Waals surface area (Å²) < 4.78 is -0.416. The van der Waals surface area contributed by atoms with Crippen LogP contribution in [0.15, 0.2) is 30.3 Å². The fourth-order valence-corrected chi connectivity index (χ4v) is 2.82. The lowest BCUT2D eigenvalue weighted by Gasteiger charge is -2.25. The maximum Gasteiger partial charge on any atom is 0.208 e. The molecule has 0 saturated carbocycles. The van der Waals surface area contributed by atoms with Gasteiger partial charge in [-0.25, -0.2) is 0 Å². The summed E-state index contributed by atoms with van der Waals surface area (Å²) >= 11 is 2.88. The Kier molecular flexibility index (Phi) is 4.08. The molecule has 0 aliphatic heterocycles. The van der Waals surface area contributed by atoms with Crippen LogP contribution in [-0.2, 0) is 9.54 Å². The number of carbonyl (C=O) groups is 1. The lowest BCUT2D eigenvalue weighted by molar-refractivity contribution is -0.112. The molecular formula is C11H14OS2. The van der Waals surface area contributed by atoms with Gasteiger partial charge in [0.25, 0.3) is 0 Å². The molecule has 0 amide bonds. The zero-order valence-corrected chi connectivity index (χ0v) is 10.2. The molecule has 0 spiro atoms. The van der Waals surface area contributed by atoms with Gasteiger partial charge in [-0.15, -0.1) is 11.8 Å². The van der Waals surface area contributed by atoms with Gasteiger partial charge in [0, 0.05) is 0 Å². The van der Waals surface area contributed by atoms with Gasteiger partial charge >= 0.3 is 0 Å². The Hall–Kier alpha value is -0.410. The molecule has 0 radical (unpaired) electrons. The lowest BCUT2D eigenvalue weighted by atomic mass is 10.0. The molecule has 14 heavy (non-hydrogen) atoms. The normalized spacial score (nSPS) is 14.8. The van der Waals surface area contributed by atoms with Crippen molar-refractivity contribution in [3.8, 4) is 0 Å². The van der Waals surface area contributed by atoms with E-state index in [1.807, 2.05) is 49.8 Å². The third-order valence-electron chi connectivity index (χ3n) is 2.31. The molecule has 1 aromatic carbocycles. The van der Waals surface area contributed by atoms with E-state index in [2.05, 4.69) is 0 Å². The summed E-state index contributed by atoms with van der Waals surface area (Å²) in [6.45, 7) is 1.98. The number of hydrogen-bond donors (Lipinski definition) is 0. The molecule has 1 atom stereocenters. The molecule has 3 heteroatoms. The van der Waals surface area contributed by atoms with E-state index in [-0.39, 0.29) is 5.12 Å². The quantitative estimate of drug-likeness (QED) is 0.788. The third kappa shape index (κ3) is 2.15. The fraction of sp³-hybridized carbons (Fsp3) is 0.364. The second-order valence-corrected chi connectivity index (χ2v) is 5.10. The molecule has 0 aliphatic carbocycles. The highest BCUT2D eigenvalue weighted by Gasteiger charge is 2.33. The lowest BCUT2D eigenvalue weighted by Crippen LogP contribution is -2.25. The van der Waals surface area contributed by atoms with E-state index in [1.165, 1.54) is 11.8 Å². The Morgan fingerprint density at radius 2 is 1.79 bits per heavy atom. The van der Waals surface area contributed by atoms with E-state index in [1.54, 1.807) is 11.8 Å². The molecule has 0 N–H and O–H groups in total. The molecule has 0 aromatic heterocycles. The van der Waals surface area contributed by atoms with E-state index < -0.39 is 4.75 Å². The van der Waals surface area contributed by atoms with E-state index in [4.69, 9.17) is 0 Å². The first kappa shape index (κ1) is 11.7. The number of carbonyl (C=O) groups excluding carboxylic acids is 1. The van der Waals surface area contributed by atoms with Gasteiger partial charge in [-0.2, -0.15) is 0 Å². The van der Waals surface area contributed by atoms with Crippen LogP contribution in [0.5, 0.6) is 0 Å². The average molecular weight is 226 g/mol. The number of thioether (sulfide) groups is 2. The Labute approximate surface area is 93.7 Å². The van der Waals surface area contributed by atoms with Crippen LogP contribution in [0.25, 0.3) is 0 Å². The van der Waals surface area contributed by atoms with Gasteiger partial charge in [-0.1, -0.05) is 42.1 Å². The van der Waals surface area contributed by atoms with Crippen LogP contribution in [0.3, 0.4) is 0 Å². The van der Waals surface area contributed by atoms with Crippen molar-refractivity contribution in [2.75, 3.05) is 12.5 Å². The maximum absolute atomic E-state index is 11.8. The minimum atomic E-state index is -0.416. The van der Waals surface area contributed by atoms with Crippen molar-refractivity contribution >= 4 is 28.6 Å². The zero-order chi connectivity index (χ0) is 10.6. The van der Waals surface area contributed by atoms with Crippen molar-refractivity contribution in [1.29, 1.82) is 0 Å². The highest BCUT2D eigenvalue weighted by atomic mass is 32.2. The third-order valence-corrected chi connectivity index (χ3v) is 4.45. The second kappa shape index (κ2) is 4.89. The van der Waals surface area contributed by atoms with Crippen molar-refractivity contribution in [3.05, 3.63) is 35.9 Å². The molecule has 0 saturated heterocycles. The monoisotopic (exact) mass is 226 g/mol. The van der Waals surface area contributed by atoms with Crippen molar-refractivity contribution in [2.24, 2.45) is 0 Å². The number of hydrogen-bond acceptors (Lipinski definition) is 3. The molecular weight excluding hydrogens is 212 g/mol. The number of rotatable bonds is 3. The Bertz CT molecular complexity index is 310. The summed E-state index contributed by atoms with van der Waals surface area (Å²) in [5, 5.41) is 0.205. The van der Waals surface area contributed by atoms with E-state index in [0.717, 1.165) is 5.56 Å². The van der Waals surface area contributed by atoms with Crippen LogP contribution < -0.4 is 0 Å². The molecule has 1 rings (SSSR count). The van der Waals surface area contributed by atoms with Crippen LogP contribution in [0.4, 0.5) is 0 Å². The molecule has 1 nitrogen and oxygen atoms in total. The molecule has 0 bridgehead atoms. The van der Waals surface area contributed by atoms with Gasteiger partial charge < -0.3 is 0 Å². The Morgan fingerprint density at radius 1 is 1.21 bits per heavy atom. The molecule has 76 valence electrons. The highest BCUT2D eigenvalue weighted by molar-refractivity contribution is 8.15. The van der Waals surface area contributed by atoms with Crippen molar-refractivity contribution < 1.29 is 4.79 Å². The molecule has 0 unspecified atom stereocenters. The predicted octanol–water partition coefficient (Wildman–Crippen LogP) is 3.15. The van der Waals surface area contributed by atoms with Crippen molar-refractivity contribution in [3.63, 3.8) is 0 Å². The largest absolute Gasteiger partial charge is 0.285 e. The summed E-state index contributed by atoms with van der Waals surface area (Å²) in [6.07, 6.45) is 3.81. The van der Waals surface area contributed by atoms with Crippen molar-refractivity contribution in [1.82, 2.24) is 0 Å². The predicted molar refractivity (Wildman–Crippen MR) is 65.8 cm³/mol. The fourth-order valence-electron chi connectivity index (χ4n) is 1.27. The van der Waals surface area contributed by atoms with Crippen LogP contribution >= 0.6 is 23.5 Å². The summed E-state index contributed by atoms with van der Waals surface area (Å²) in [5.41, 5.74) is 1.08. The topological polar surface area (TPSA) is 17.1 Å². The minimum Gasteiger partial charge on any atom is -0.285 e. The van der Waals surface area contributed by atoms with Crippen LogP contribution in [0.2, 0.25) is 0 Å². The smallest absolute Gasteiger partial charge is 0.208 e. The summed E-state index contributed by atoms with van der Waals surface area (Å²) in [5.74, 6) is 0. The van der Waals surface area contributed by atoms with Gasteiger partial charge in [0.05, 0.1) is 0 Å². The Balaban J connectivity index is 3.08. The van der Waals surface area contributed by atoms with Gasteiger partial charge in [0.15, 0.2) is 0 Å². The van der Waals surface area contributed by atoms with Gasteiger partial charge in [0.1, 0.15) is 4.75 Å². The summed E-state index contributed by atoms with van der Waals surface area (Å²) in [4.78, 5) is 11.8. The van der Waals surface area contributed by atoms with Crippen LogP contribution in [-0.4, -0.2) is 17.6 Å². The van der Waals surface area contributed by atoms with Crippen LogP contribution in [0.1, 0.15) is 12.5 Å². The van der Waals surface area contributed by atoms with Gasteiger partial charge in [-0.05, 0) is 25.0 Å². The van der Waals surface area contributed by atoms with Gasteiger partial charge in [0.2, 0.25) is 5.12 Å². The molecule has 0 aliphatic rings. The first-order chi connectivity index (χ1) is 6.65. The van der Waals surface area contributed by atoms with E-state index in [0.29, 0.717) is 0 Å². The number of benzene rings is 1. The van der Waals surface area contributed by atoms with E-state index in [9.17, 15) is 4.79 Å². The van der Waals surface area contributed by atoms with Crippen LogP contribution in [0, 0.1) is 0 Å². The molecule has 0 fully saturated rings. The SMILES string of the molecule is CSC(=O)[C@@](C)(SC)c1ccccc1. The van der Waals surface area contributed by atoms with Gasteiger partial charge in [-0.3, -0.25) is 4.79 Å². The molecule has 1 aromatic rings. The average Bonchev–Trinajstić information content (AvgIpc) is 2.28. The zero-order valence-electron chi connectivity index (χ0n) is 8.61. The summed E-state index contributed by atoms with van der Waals surface area (Å²) in [6, 6.07) is 9.91.